The number of aliphatic hydroxyl groups excluding tert-OH is 1. The van der Waals surface area contributed by atoms with Crippen LogP contribution in [0.5, 0.6) is 5.75 Å². The van der Waals surface area contributed by atoms with Crippen molar-refractivity contribution in [3.63, 3.8) is 0 Å². The number of aliphatic hydroxyl groups is 1. The van der Waals surface area contributed by atoms with Crippen molar-refractivity contribution in [2.45, 2.75) is 51.7 Å². The summed E-state index contributed by atoms with van der Waals surface area (Å²) in [5.74, 6) is 6.19. The van der Waals surface area contributed by atoms with E-state index in [4.69, 9.17) is 4.74 Å². The van der Waals surface area contributed by atoms with Crippen LogP contribution < -0.4 is 4.74 Å². The van der Waals surface area contributed by atoms with Crippen LogP contribution in [0.3, 0.4) is 0 Å². The molecular formula is C22H32N2O5S. The fourth-order valence-corrected chi connectivity index (χ4v) is 4.97. The number of benzene rings is 1. The maximum atomic E-state index is 13.4. The van der Waals surface area contributed by atoms with Crippen LogP contribution in [-0.4, -0.2) is 67.5 Å². The highest BCUT2D eigenvalue weighted by molar-refractivity contribution is 7.89. The highest BCUT2D eigenvalue weighted by Gasteiger charge is 2.38. The minimum Gasteiger partial charge on any atom is -0.487 e. The summed E-state index contributed by atoms with van der Waals surface area (Å²) < 4.78 is 34.2. The van der Waals surface area contributed by atoms with Crippen molar-refractivity contribution in [2.75, 3.05) is 26.7 Å². The number of amides is 1. The van der Waals surface area contributed by atoms with Crippen LogP contribution >= 0.6 is 0 Å². The van der Waals surface area contributed by atoms with E-state index < -0.39 is 22.2 Å². The summed E-state index contributed by atoms with van der Waals surface area (Å²) in [6.45, 7) is 9.19. The second kappa shape index (κ2) is 9.82. The molecule has 0 fully saturated rings. The second-order valence-electron chi connectivity index (χ2n) is 8.22. The molecule has 1 aromatic carbocycles. The molecule has 8 heteroatoms. The lowest BCUT2D eigenvalue weighted by Gasteiger charge is -2.37. The molecule has 0 saturated carbocycles. The third-order valence-electron chi connectivity index (χ3n) is 5.16. The average Bonchev–Trinajstić information content (AvgIpc) is 2.68. The van der Waals surface area contributed by atoms with Crippen LogP contribution in [0.2, 0.25) is 0 Å². The summed E-state index contributed by atoms with van der Waals surface area (Å²) in [4.78, 5) is 13.4. The first kappa shape index (κ1) is 24.2. The van der Waals surface area contributed by atoms with Gasteiger partial charge in [0.25, 0.3) is 0 Å². The smallest absolute Gasteiger partial charge is 0.247 e. The summed E-state index contributed by atoms with van der Waals surface area (Å²) in [6.07, 6.45) is -0.421. The van der Waals surface area contributed by atoms with E-state index in [1.165, 1.54) is 17.3 Å². The minimum absolute atomic E-state index is 0.0419. The van der Waals surface area contributed by atoms with Gasteiger partial charge in [0.15, 0.2) is 0 Å². The number of hydrogen-bond acceptors (Lipinski definition) is 5. The summed E-state index contributed by atoms with van der Waals surface area (Å²) in [6, 6.07) is 4.23. The summed E-state index contributed by atoms with van der Waals surface area (Å²) in [5, 5.41) is 9.66. The van der Waals surface area contributed by atoms with Crippen molar-refractivity contribution in [2.24, 2.45) is 11.8 Å². The van der Waals surface area contributed by atoms with Gasteiger partial charge in [-0.25, -0.2) is 8.42 Å². The van der Waals surface area contributed by atoms with Crippen molar-refractivity contribution < 1.29 is 23.1 Å². The Morgan fingerprint density at radius 1 is 1.37 bits per heavy atom. The molecule has 7 nitrogen and oxygen atoms in total. The number of hydrogen-bond donors (Lipinski definition) is 1. The lowest BCUT2D eigenvalue weighted by molar-refractivity contribution is -0.129. The Morgan fingerprint density at radius 2 is 2.03 bits per heavy atom. The van der Waals surface area contributed by atoms with Gasteiger partial charge in [0.2, 0.25) is 15.9 Å². The maximum Gasteiger partial charge on any atom is 0.247 e. The zero-order valence-corrected chi connectivity index (χ0v) is 19.4. The van der Waals surface area contributed by atoms with E-state index >= 15 is 0 Å². The number of sulfonamides is 1. The van der Waals surface area contributed by atoms with Gasteiger partial charge >= 0.3 is 0 Å². The monoisotopic (exact) mass is 436 g/mol. The van der Waals surface area contributed by atoms with E-state index in [1.54, 1.807) is 31.0 Å². The number of carbonyl (C=O) groups excluding carboxylic acids is 1. The number of fused-ring (bicyclic) bond motifs is 1. The molecule has 1 heterocycles. The van der Waals surface area contributed by atoms with Gasteiger partial charge in [-0.1, -0.05) is 32.6 Å². The van der Waals surface area contributed by atoms with E-state index in [1.807, 2.05) is 20.8 Å². The first-order valence-electron chi connectivity index (χ1n) is 10.1. The lowest BCUT2D eigenvalue weighted by atomic mass is 10.0. The van der Waals surface area contributed by atoms with Crippen LogP contribution in [0, 0.1) is 23.7 Å². The van der Waals surface area contributed by atoms with Crippen molar-refractivity contribution in [1.29, 1.82) is 0 Å². The third-order valence-corrected chi connectivity index (χ3v) is 7.18. The first-order valence-corrected chi connectivity index (χ1v) is 11.6. The molecule has 0 bridgehead atoms. The summed E-state index contributed by atoms with van der Waals surface area (Å²) in [7, 11) is -2.20. The van der Waals surface area contributed by atoms with Gasteiger partial charge in [-0.05, 0) is 25.1 Å². The zero-order chi connectivity index (χ0) is 22.6. The molecule has 1 N–H and O–H groups in total. The lowest BCUT2D eigenvalue weighted by Crippen LogP contribution is -2.50. The standard InChI is InChI=1S/C22H32N2O5S/c1-15(2)7-8-19-9-10-22-20(11-19)29-21(13-23(6)18(5)26)16(3)12-24(17(4)14-25)30(22,27)28/h9-11,15-17,21,25H,12-14H2,1-6H3/t16-,17+,21+/m1/s1. The molecule has 0 unspecified atom stereocenters. The number of nitrogens with zero attached hydrogens (tertiary/aromatic N) is 2. The van der Waals surface area contributed by atoms with E-state index in [2.05, 4.69) is 11.8 Å². The van der Waals surface area contributed by atoms with Gasteiger partial charge < -0.3 is 14.7 Å². The van der Waals surface area contributed by atoms with Gasteiger partial charge in [-0.15, -0.1) is 0 Å². The normalized spacial score (nSPS) is 22.0. The average molecular weight is 437 g/mol. The molecule has 0 aromatic heterocycles. The molecule has 1 aliphatic rings. The molecule has 1 aromatic rings. The molecule has 0 aliphatic carbocycles. The maximum absolute atomic E-state index is 13.4. The Kier molecular flexibility index (Phi) is 7.92. The van der Waals surface area contributed by atoms with Gasteiger partial charge in [0, 0.05) is 44.0 Å². The zero-order valence-electron chi connectivity index (χ0n) is 18.5. The van der Waals surface area contributed by atoms with Crippen molar-refractivity contribution in [1.82, 2.24) is 9.21 Å². The molecule has 0 spiro atoms. The number of carbonyl (C=O) groups is 1. The number of ether oxygens (including phenoxy) is 1. The molecule has 30 heavy (non-hydrogen) atoms. The fraction of sp³-hybridized carbons (Fsp3) is 0.591. The van der Waals surface area contributed by atoms with Crippen LogP contribution in [0.25, 0.3) is 0 Å². The Hall–Kier alpha value is -2.08. The highest BCUT2D eigenvalue weighted by atomic mass is 32.2. The Morgan fingerprint density at radius 3 is 2.60 bits per heavy atom. The Bertz CT molecular complexity index is 933. The molecule has 1 aliphatic heterocycles. The first-order chi connectivity index (χ1) is 14.0. The molecule has 166 valence electrons. The minimum atomic E-state index is -3.88. The molecule has 1 amide bonds. The number of rotatable bonds is 4. The van der Waals surface area contributed by atoms with Gasteiger partial charge in [-0.3, -0.25) is 4.79 Å². The molecule has 0 radical (unpaired) electrons. The van der Waals surface area contributed by atoms with E-state index in [-0.39, 0.29) is 41.5 Å². The Balaban J connectivity index is 2.60. The summed E-state index contributed by atoms with van der Waals surface area (Å²) in [5.41, 5.74) is 0.659. The largest absolute Gasteiger partial charge is 0.487 e. The molecule has 2 rings (SSSR count). The van der Waals surface area contributed by atoms with Crippen molar-refractivity contribution in [3.05, 3.63) is 23.8 Å². The van der Waals surface area contributed by atoms with Crippen LogP contribution in [0.1, 0.15) is 40.2 Å². The quantitative estimate of drug-likeness (QED) is 0.729. The summed E-state index contributed by atoms with van der Waals surface area (Å²) >= 11 is 0. The highest BCUT2D eigenvalue weighted by Crippen LogP contribution is 2.34. The predicted molar refractivity (Wildman–Crippen MR) is 115 cm³/mol. The van der Waals surface area contributed by atoms with Crippen LogP contribution in [-0.2, 0) is 14.8 Å². The molecular weight excluding hydrogens is 404 g/mol. The SMILES string of the molecule is CC(=O)N(C)C[C@@H]1Oc2cc(C#CC(C)C)ccc2S(=O)(=O)N([C@@H](C)CO)C[C@H]1C. The molecule has 0 saturated heterocycles. The van der Waals surface area contributed by atoms with Crippen LogP contribution in [0.15, 0.2) is 23.1 Å². The number of likely N-dealkylation sites (N-methyl/N-ethyl adjacent to an activating group) is 1. The van der Waals surface area contributed by atoms with Gasteiger partial charge in [0.1, 0.15) is 16.7 Å². The van der Waals surface area contributed by atoms with E-state index in [0.717, 1.165) is 0 Å². The van der Waals surface area contributed by atoms with Crippen molar-refractivity contribution >= 4 is 15.9 Å². The van der Waals surface area contributed by atoms with Gasteiger partial charge in [0.05, 0.1) is 13.2 Å². The fourth-order valence-electron chi connectivity index (χ4n) is 3.15. The topological polar surface area (TPSA) is 87.2 Å². The molecule has 3 atom stereocenters. The Labute approximate surface area is 180 Å². The second-order valence-corrected chi connectivity index (χ2v) is 10.1. The van der Waals surface area contributed by atoms with Crippen molar-refractivity contribution in [3.8, 4) is 17.6 Å². The van der Waals surface area contributed by atoms with E-state index in [9.17, 15) is 18.3 Å². The third kappa shape index (κ3) is 5.54. The predicted octanol–water partition coefficient (Wildman–Crippen LogP) is 1.94. The van der Waals surface area contributed by atoms with E-state index in [0.29, 0.717) is 12.1 Å². The van der Waals surface area contributed by atoms with Gasteiger partial charge in [-0.2, -0.15) is 4.31 Å². The van der Waals surface area contributed by atoms with Crippen LogP contribution in [0.4, 0.5) is 0 Å².